The zero-order chi connectivity index (χ0) is 14.8. The van der Waals surface area contributed by atoms with E-state index < -0.39 is 26.4 Å². The van der Waals surface area contributed by atoms with E-state index in [0.29, 0.717) is 0 Å². The molecule has 0 bridgehead atoms. The first-order valence-corrected chi connectivity index (χ1v) is 7.54. The van der Waals surface area contributed by atoms with Crippen molar-refractivity contribution >= 4 is 9.84 Å². The van der Waals surface area contributed by atoms with Crippen LogP contribution in [-0.2, 0) is 9.84 Å². The highest BCUT2D eigenvalue weighted by molar-refractivity contribution is 7.92. The molecular formula is C12H19FN2O3S. The van der Waals surface area contributed by atoms with Crippen LogP contribution in [0.2, 0.25) is 0 Å². The zero-order valence-corrected chi connectivity index (χ0v) is 12.2. The fraction of sp³-hybridized carbons (Fsp3) is 0.500. The highest BCUT2D eigenvalue weighted by Crippen LogP contribution is 2.35. The van der Waals surface area contributed by atoms with Crippen LogP contribution >= 0.6 is 0 Å². The number of hydrogen-bond donors (Lipinski definition) is 2. The second-order valence-electron chi connectivity index (χ2n) is 4.84. The monoisotopic (exact) mass is 290 g/mol. The van der Waals surface area contributed by atoms with Crippen molar-refractivity contribution in [2.75, 3.05) is 13.4 Å². The number of nitrogens with two attached hydrogens (primary N) is 1. The van der Waals surface area contributed by atoms with Gasteiger partial charge in [0.25, 0.3) is 0 Å². The van der Waals surface area contributed by atoms with Crippen LogP contribution in [0.3, 0.4) is 0 Å². The van der Waals surface area contributed by atoms with Crippen LogP contribution in [0.4, 0.5) is 4.39 Å². The number of benzene rings is 1. The van der Waals surface area contributed by atoms with Gasteiger partial charge in [-0.05, 0) is 19.9 Å². The summed E-state index contributed by atoms with van der Waals surface area (Å²) in [7, 11) is -2.11. The second kappa shape index (κ2) is 5.44. The Bertz CT molecular complexity index is 558. The third-order valence-electron chi connectivity index (χ3n) is 3.34. The van der Waals surface area contributed by atoms with Crippen molar-refractivity contribution in [1.29, 1.82) is 0 Å². The Hall–Kier alpha value is -1.18. The number of nitrogens with one attached hydrogen (secondary N) is 1. The molecule has 0 heterocycles. The van der Waals surface area contributed by atoms with Gasteiger partial charge in [-0.3, -0.25) is 11.3 Å². The third-order valence-corrected chi connectivity index (χ3v) is 5.49. The van der Waals surface area contributed by atoms with Gasteiger partial charge < -0.3 is 4.74 Å². The maximum atomic E-state index is 14.2. The summed E-state index contributed by atoms with van der Waals surface area (Å²) in [6, 6.07) is 3.63. The van der Waals surface area contributed by atoms with Crippen molar-refractivity contribution in [2.24, 2.45) is 5.84 Å². The summed E-state index contributed by atoms with van der Waals surface area (Å²) in [6.45, 7) is 2.98. The molecular weight excluding hydrogens is 271 g/mol. The van der Waals surface area contributed by atoms with E-state index in [1.807, 2.05) is 0 Å². The molecule has 0 spiro atoms. The minimum absolute atomic E-state index is 0.0436. The number of rotatable bonds is 5. The summed E-state index contributed by atoms with van der Waals surface area (Å²) in [5.74, 6) is 4.85. The maximum absolute atomic E-state index is 14.2. The Morgan fingerprint density at radius 3 is 2.42 bits per heavy atom. The SMILES string of the molecule is COc1cccc(C(NN)C(C)(C)S(C)(=O)=O)c1F. The Labute approximate surface area is 112 Å². The van der Waals surface area contributed by atoms with Crippen molar-refractivity contribution in [3.8, 4) is 5.75 Å². The van der Waals surface area contributed by atoms with Gasteiger partial charge in [0.2, 0.25) is 0 Å². The van der Waals surface area contributed by atoms with Crippen LogP contribution in [0.1, 0.15) is 25.5 Å². The van der Waals surface area contributed by atoms with E-state index in [0.717, 1.165) is 6.26 Å². The minimum atomic E-state index is -3.45. The summed E-state index contributed by atoms with van der Waals surface area (Å²) in [6.07, 6.45) is 1.09. The molecule has 3 N–H and O–H groups in total. The summed E-state index contributed by atoms with van der Waals surface area (Å²) >= 11 is 0. The van der Waals surface area contributed by atoms with Gasteiger partial charge in [0.05, 0.1) is 17.9 Å². The van der Waals surface area contributed by atoms with Gasteiger partial charge in [0, 0.05) is 11.8 Å². The number of methoxy groups -OCH3 is 1. The minimum Gasteiger partial charge on any atom is -0.494 e. The lowest BCUT2D eigenvalue weighted by molar-refractivity contribution is 0.369. The lowest BCUT2D eigenvalue weighted by Crippen LogP contribution is -2.47. The molecule has 0 aliphatic heterocycles. The lowest BCUT2D eigenvalue weighted by atomic mass is 9.95. The fourth-order valence-corrected chi connectivity index (χ4v) is 2.41. The van der Waals surface area contributed by atoms with Crippen LogP contribution in [0.15, 0.2) is 18.2 Å². The fourth-order valence-electron chi connectivity index (χ4n) is 1.79. The van der Waals surface area contributed by atoms with Gasteiger partial charge in [-0.2, -0.15) is 0 Å². The van der Waals surface area contributed by atoms with Crippen LogP contribution < -0.4 is 16.0 Å². The van der Waals surface area contributed by atoms with E-state index in [9.17, 15) is 12.8 Å². The van der Waals surface area contributed by atoms with E-state index >= 15 is 0 Å². The zero-order valence-electron chi connectivity index (χ0n) is 11.4. The number of hydrazine groups is 1. The van der Waals surface area contributed by atoms with Crippen LogP contribution in [-0.4, -0.2) is 26.5 Å². The predicted molar refractivity (Wildman–Crippen MR) is 71.9 cm³/mol. The molecule has 0 amide bonds. The first kappa shape index (κ1) is 15.9. The molecule has 5 nitrogen and oxygen atoms in total. The van der Waals surface area contributed by atoms with Gasteiger partial charge in [-0.25, -0.2) is 12.8 Å². The molecule has 1 aromatic carbocycles. The third kappa shape index (κ3) is 2.88. The van der Waals surface area contributed by atoms with Gasteiger partial charge >= 0.3 is 0 Å². The summed E-state index contributed by atoms with van der Waals surface area (Å²) in [4.78, 5) is 0. The first-order valence-electron chi connectivity index (χ1n) is 5.65. The smallest absolute Gasteiger partial charge is 0.169 e. The standard InChI is InChI=1S/C12H19FN2O3S/c1-12(2,19(4,16)17)11(15-14)8-6-5-7-9(18-3)10(8)13/h5-7,11,15H,14H2,1-4H3. The normalized spacial score (nSPS) is 14.2. The van der Waals surface area contributed by atoms with E-state index in [4.69, 9.17) is 10.6 Å². The summed E-state index contributed by atoms with van der Waals surface area (Å²) in [5, 5.41) is 0. The Morgan fingerprint density at radius 1 is 1.42 bits per heavy atom. The largest absolute Gasteiger partial charge is 0.494 e. The highest BCUT2D eigenvalue weighted by Gasteiger charge is 2.41. The lowest BCUT2D eigenvalue weighted by Gasteiger charge is -2.32. The number of hydrogen-bond acceptors (Lipinski definition) is 5. The van der Waals surface area contributed by atoms with Crippen molar-refractivity contribution < 1.29 is 17.5 Å². The van der Waals surface area contributed by atoms with Crippen molar-refractivity contribution in [1.82, 2.24) is 5.43 Å². The van der Waals surface area contributed by atoms with Gasteiger partial charge in [-0.1, -0.05) is 12.1 Å². The van der Waals surface area contributed by atoms with E-state index in [1.165, 1.54) is 33.1 Å². The molecule has 0 saturated heterocycles. The maximum Gasteiger partial charge on any atom is 0.169 e. The molecule has 1 atom stereocenters. The molecule has 0 radical (unpaired) electrons. The Balaban J connectivity index is 3.41. The second-order valence-corrected chi connectivity index (χ2v) is 7.44. The number of ether oxygens (including phenoxy) is 1. The van der Waals surface area contributed by atoms with Crippen molar-refractivity contribution in [3.05, 3.63) is 29.6 Å². The van der Waals surface area contributed by atoms with Crippen molar-refractivity contribution in [2.45, 2.75) is 24.6 Å². The van der Waals surface area contributed by atoms with E-state index in [-0.39, 0.29) is 11.3 Å². The first-order chi connectivity index (χ1) is 8.66. The number of sulfone groups is 1. The summed E-state index contributed by atoms with van der Waals surface area (Å²) in [5.41, 5.74) is 2.53. The summed E-state index contributed by atoms with van der Waals surface area (Å²) < 4.78 is 41.5. The Morgan fingerprint density at radius 2 is 2.00 bits per heavy atom. The van der Waals surface area contributed by atoms with Gasteiger partial charge in [0.15, 0.2) is 21.4 Å². The molecule has 7 heteroatoms. The van der Waals surface area contributed by atoms with Gasteiger partial charge in [-0.15, -0.1) is 0 Å². The highest BCUT2D eigenvalue weighted by atomic mass is 32.2. The average Bonchev–Trinajstić information content (AvgIpc) is 2.30. The van der Waals surface area contributed by atoms with Crippen LogP contribution in [0.25, 0.3) is 0 Å². The topological polar surface area (TPSA) is 81.4 Å². The van der Waals surface area contributed by atoms with E-state index in [1.54, 1.807) is 6.07 Å². The molecule has 1 rings (SSSR count). The van der Waals surface area contributed by atoms with Crippen LogP contribution in [0, 0.1) is 5.82 Å². The molecule has 1 aromatic rings. The predicted octanol–water partition coefficient (Wildman–Crippen LogP) is 1.16. The average molecular weight is 290 g/mol. The van der Waals surface area contributed by atoms with Crippen molar-refractivity contribution in [3.63, 3.8) is 0 Å². The molecule has 0 aliphatic carbocycles. The van der Waals surface area contributed by atoms with Gasteiger partial charge in [0.1, 0.15) is 0 Å². The molecule has 19 heavy (non-hydrogen) atoms. The Kier molecular flexibility index (Phi) is 4.54. The molecule has 108 valence electrons. The molecule has 0 aliphatic rings. The molecule has 1 unspecified atom stereocenters. The van der Waals surface area contributed by atoms with E-state index in [2.05, 4.69) is 5.43 Å². The molecule has 0 fully saturated rings. The molecule has 0 aromatic heterocycles. The molecule has 0 saturated carbocycles. The van der Waals surface area contributed by atoms with Crippen LogP contribution in [0.5, 0.6) is 5.75 Å². The quantitative estimate of drug-likeness (QED) is 0.628. The number of halogens is 1.